The summed E-state index contributed by atoms with van der Waals surface area (Å²) in [7, 11) is 3.43. The number of nitrogens with zero attached hydrogens (tertiary/aromatic N) is 2. The van der Waals surface area contributed by atoms with Gasteiger partial charge in [0.05, 0.1) is 5.75 Å². The van der Waals surface area contributed by atoms with Crippen molar-refractivity contribution >= 4 is 34.1 Å². The molecule has 8 heteroatoms. The van der Waals surface area contributed by atoms with Gasteiger partial charge in [-0.1, -0.05) is 23.1 Å². The Bertz CT molecular complexity index is 345. The Kier molecular flexibility index (Phi) is 6.90. The van der Waals surface area contributed by atoms with Gasteiger partial charge >= 0.3 is 0 Å². The highest BCUT2D eigenvalue weighted by Gasteiger charge is 2.06. The van der Waals surface area contributed by atoms with Crippen molar-refractivity contribution in [3.63, 3.8) is 0 Å². The van der Waals surface area contributed by atoms with E-state index in [1.165, 1.54) is 23.1 Å². The van der Waals surface area contributed by atoms with Crippen molar-refractivity contribution < 1.29 is 9.53 Å². The van der Waals surface area contributed by atoms with Crippen molar-refractivity contribution in [1.29, 1.82) is 0 Å². The number of anilines is 1. The van der Waals surface area contributed by atoms with Crippen LogP contribution in [0.15, 0.2) is 4.34 Å². The number of thioether (sulfide) groups is 1. The standard InChI is InChI=1S/C9H16N4O2S2/c1-10-8-12-13-9(17-8)16-6-7(14)11-4-3-5-15-2/h3-6H2,1-2H3,(H,10,12)(H,11,14). The summed E-state index contributed by atoms with van der Waals surface area (Å²) < 4.78 is 5.68. The molecule has 0 aliphatic heterocycles. The highest BCUT2D eigenvalue weighted by Crippen LogP contribution is 2.24. The highest BCUT2D eigenvalue weighted by molar-refractivity contribution is 8.01. The van der Waals surface area contributed by atoms with E-state index >= 15 is 0 Å². The fraction of sp³-hybridized carbons (Fsp3) is 0.667. The van der Waals surface area contributed by atoms with E-state index in [1.54, 1.807) is 14.2 Å². The summed E-state index contributed by atoms with van der Waals surface area (Å²) in [6.45, 7) is 1.31. The Morgan fingerprint density at radius 2 is 2.35 bits per heavy atom. The van der Waals surface area contributed by atoms with Gasteiger partial charge < -0.3 is 15.4 Å². The summed E-state index contributed by atoms with van der Waals surface area (Å²) >= 11 is 2.83. The van der Waals surface area contributed by atoms with Crippen LogP contribution in [0.5, 0.6) is 0 Å². The van der Waals surface area contributed by atoms with Crippen LogP contribution in [0.3, 0.4) is 0 Å². The molecule has 0 spiro atoms. The lowest BCUT2D eigenvalue weighted by Crippen LogP contribution is -2.26. The lowest BCUT2D eigenvalue weighted by molar-refractivity contribution is -0.118. The fourth-order valence-corrected chi connectivity index (χ4v) is 2.53. The summed E-state index contributed by atoms with van der Waals surface area (Å²) in [5.74, 6) is 0.373. The van der Waals surface area contributed by atoms with E-state index < -0.39 is 0 Å². The quantitative estimate of drug-likeness (QED) is 0.541. The molecule has 2 N–H and O–H groups in total. The first-order chi connectivity index (χ1) is 8.26. The Balaban J connectivity index is 2.14. The second kappa shape index (κ2) is 8.26. The minimum Gasteiger partial charge on any atom is -0.385 e. The average Bonchev–Trinajstić information content (AvgIpc) is 2.80. The molecule has 1 aromatic heterocycles. The van der Waals surface area contributed by atoms with Gasteiger partial charge in [0.1, 0.15) is 0 Å². The van der Waals surface area contributed by atoms with Crippen LogP contribution in [0.1, 0.15) is 6.42 Å². The van der Waals surface area contributed by atoms with Crippen molar-refractivity contribution in [3.8, 4) is 0 Å². The smallest absolute Gasteiger partial charge is 0.230 e. The summed E-state index contributed by atoms with van der Waals surface area (Å²) in [5, 5.41) is 14.3. The summed E-state index contributed by atoms with van der Waals surface area (Å²) in [5.41, 5.74) is 0. The predicted octanol–water partition coefficient (Wildman–Crippen LogP) is 0.825. The molecule has 0 unspecified atom stereocenters. The van der Waals surface area contributed by atoms with Crippen LogP contribution in [0.4, 0.5) is 5.13 Å². The summed E-state index contributed by atoms with van der Waals surface area (Å²) in [6.07, 6.45) is 0.829. The Labute approximate surface area is 109 Å². The molecule has 0 bridgehead atoms. The minimum atomic E-state index is 0.00677. The maximum Gasteiger partial charge on any atom is 0.230 e. The van der Waals surface area contributed by atoms with Gasteiger partial charge in [0.15, 0.2) is 4.34 Å². The maximum absolute atomic E-state index is 11.4. The maximum atomic E-state index is 11.4. The third-order valence-electron chi connectivity index (χ3n) is 1.79. The molecule has 0 atom stereocenters. The molecule has 1 rings (SSSR count). The van der Waals surface area contributed by atoms with Gasteiger partial charge in [-0.15, -0.1) is 10.2 Å². The molecule has 17 heavy (non-hydrogen) atoms. The van der Waals surface area contributed by atoms with E-state index in [2.05, 4.69) is 20.8 Å². The van der Waals surface area contributed by atoms with Crippen LogP contribution in [-0.2, 0) is 9.53 Å². The number of carbonyl (C=O) groups is 1. The van der Waals surface area contributed by atoms with Crippen LogP contribution in [0.25, 0.3) is 0 Å². The fourth-order valence-electron chi connectivity index (χ4n) is 0.992. The minimum absolute atomic E-state index is 0.00677. The normalized spacial score (nSPS) is 10.2. The molecule has 0 aliphatic rings. The molecule has 1 heterocycles. The Morgan fingerprint density at radius 3 is 3.00 bits per heavy atom. The number of rotatable bonds is 8. The monoisotopic (exact) mass is 276 g/mol. The van der Waals surface area contributed by atoms with Crippen molar-refractivity contribution in [2.45, 2.75) is 10.8 Å². The highest BCUT2D eigenvalue weighted by atomic mass is 32.2. The van der Waals surface area contributed by atoms with Gasteiger partial charge in [0.25, 0.3) is 0 Å². The van der Waals surface area contributed by atoms with Gasteiger partial charge in [-0.2, -0.15) is 0 Å². The number of amides is 1. The zero-order chi connectivity index (χ0) is 12.5. The molecular formula is C9H16N4O2S2. The van der Waals surface area contributed by atoms with Crippen molar-refractivity contribution in [1.82, 2.24) is 15.5 Å². The van der Waals surface area contributed by atoms with E-state index in [1.807, 2.05) is 0 Å². The molecule has 6 nitrogen and oxygen atoms in total. The van der Waals surface area contributed by atoms with E-state index in [9.17, 15) is 4.79 Å². The molecule has 0 fully saturated rings. The summed E-state index contributed by atoms with van der Waals surface area (Å²) in [6, 6.07) is 0. The SMILES string of the molecule is CNc1nnc(SCC(=O)NCCCOC)s1. The van der Waals surface area contributed by atoms with Gasteiger partial charge in [-0.3, -0.25) is 4.79 Å². The first kappa shape index (κ1) is 14.2. The largest absolute Gasteiger partial charge is 0.385 e. The molecular weight excluding hydrogens is 260 g/mol. The third-order valence-corrected chi connectivity index (χ3v) is 3.87. The van der Waals surface area contributed by atoms with E-state index in [0.29, 0.717) is 18.9 Å². The van der Waals surface area contributed by atoms with Crippen LogP contribution >= 0.6 is 23.1 Å². The lowest BCUT2D eigenvalue weighted by atomic mass is 10.4. The molecule has 96 valence electrons. The first-order valence-electron chi connectivity index (χ1n) is 5.16. The Morgan fingerprint density at radius 1 is 1.53 bits per heavy atom. The molecule has 0 radical (unpaired) electrons. The third kappa shape index (κ3) is 5.85. The number of ether oxygens (including phenoxy) is 1. The van der Waals surface area contributed by atoms with Gasteiger partial charge in [0.2, 0.25) is 11.0 Å². The molecule has 0 saturated carbocycles. The number of methoxy groups -OCH3 is 1. The lowest BCUT2D eigenvalue weighted by Gasteiger charge is -2.02. The Hall–Kier alpha value is -0.860. The van der Waals surface area contributed by atoms with Gasteiger partial charge in [0, 0.05) is 27.3 Å². The van der Waals surface area contributed by atoms with Crippen LogP contribution in [0.2, 0.25) is 0 Å². The van der Waals surface area contributed by atoms with Crippen LogP contribution in [0, 0.1) is 0 Å². The zero-order valence-corrected chi connectivity index (χ0v) is 11.5. The predicted molar refractivity (Wildman–Crippen MR) is 69.7 cm³/mol. The van der Waals surface area contributed by atoms with Crippen molar-refractivity contribution in [2.75, 3.05) is 38.4 Å². The van der Waals surface area contributed by atoms with Gasteiger partial charge in [-0.25, -0.2) is 0 Å². The zero-order valence-electron chi connectivity index (χ0n) is 9.86. The van der Waals surface area contributed by atoms with Gasteiger partial charge in [-0.05, 0) is 6.42 Å². The van der Waals surface area contributed by atoms with E-state index in [4.69, 9.17) is 4.74 Å². The number of nitrogens with one attached hydrogen (secondary N) is 2. The van der Waals surface area contributed by atoms with Crippen molar-refractivity contribution in [2.24, 2.45) is 0 Å². The number of aromatic nitrogens is 2. The number of carbonyl (C=O) groups excluding carboxylic acids is 1. The summed E-state index contributed by atoms with van der Waals surface area (Å²) in [4.78, 5) is 11.4. The second-order valence-electron chi connectivity index (χ2n) is 3.11. The molecule has 1 amide bonds. The van der Waals surface area contributed by atoms with E-state index in [-0.39, 0.29) is 5.91 Å². The van der Waals surface area contributed by atoms with Crippen LogP contribution in [-0.4, -0.2) is 49.2 Å². The van der Waals surface area contributed by atoms with Crippen LogP contribution < -0.4 is 10.6 Å². The average molecular weight is 276 g/mol. The number of hydrogen-bond donors (Lipinski definition) is 2. The van der Waals surface area contributed by atoms with Crippen molar-refractivity contribution in [3.05, 3.63) is 0 Å². The van der Waals surface area contributed by atoms with E-state index in [0.717, 1.165) is 15.9 Å². The molecule has 0 saturated heterocycles. The number of hydrogen-bond acceptors (Lipinski definition) is 7. The molecule has 0 aliphatic carbocycles. The second-order valence-corrected chi connectivity index (χ2v) is 5.31. The molecule has 1 aromatic rings. The first-order valence-corrected chi connectivity index (χ1v) is 6.96. The topological polar surface area (TPSA) is 76.1 Å². The molecule has 0 aromatic carbocycles.